The highest BCUT2D eigenvalue weighted by Crippen LogP contribution is 2.72. The van der Waals surface area contributed by atoms with Crippen molar-refractivity contribution < 1.29 is 14.3 Å². The molecule has 3 unspecified atom stereocenters. The normalized spacial score (nSPS) is 31.5. The van der Waals surface area contributed by atoms with Crippen LogP contribution >= 0.6 is 0 Å². The number of aromatic nitrogens is 1. The van der Waals surface area contributed by atoms with E-state index in [-0.39, 0.29) is 28.4 Å². The van der Waals surface area contributed by atoms with E-state index in [2.05, 4.69) is 32.9 Å². The summed E-state index contributed by atoms with van der Waals surface area (Å²) >= 11 is 0. The second-order valence-corrected chi connectivity index (χ2v) is 10.6. The van der Waals surface area contributed by atoms with Gasteiger partial charge < -0.3 is 9.47 Å². The zero-order valence-corrected chi connectivity index (χ0v) is 18.3. The summed E-state index contributed by atoms with van der Waals surface area (Å²) in [5.41, 5.74) is 1.32. The molecule has 28 heavy (non-hydrogen) atoms. The first-order valence-corrected chi connectivity index (χ1v) is 10.3. The van der Waals surface area contributed by atoms with Crippen molar-refractivity contribution in [2.75, 3.05) is 7.11 Å². The number of rotatable bonds is 2. The highest BCUT2D eigenvalue weighted by Gasteiger charge is 2.69. The van der Waals surface area contributed by atoms with E-state index in [4.69, 9.17) is 9.47 Å². The number of hydrogen-bond acceptors (Lipinski definition) is 3. The van der Waals surface area contributed by atoms with Crippen molar-refractivity contribution in [1.82, 2.24) is 4.57 Å². The van der Waals surface area contributed by atoms with Gasteiger partial charge in [-0.05, 0) is 57.6 Å². The van der Waals surface area contributed by atoms with Crippen molar-refractivity contribution in [2.24, 2.45) is 10.8 Å². The molecule has 1 aromatic heterocycles. The molecular formula is C24H33NO3. The zero-order chi connectivity index (χ0) is 20.5. The fraction of sp³-hybridized carbons (Fsp3) is 0.625. The lowest BCUT2D eigenvalue weighted by Gasteiger charge is -2.47. The summed E-state index contributed by atoms with van der Waals surface area (Å²) in [6.07, 6.45) is 2.93. The average molecular weight is 384 g/mol. The molecule has 4 nitrogen and oxygen atoms in total. The first-order valence-electron chi connectivity index (χ1n) is 10.3. The number of carbonyl (C=O) groups excluding carboxylic acids is 1. The molecule has 2 aliphatic rings. The van der Waals surface area contributed by atoms with Crippen molar-refractivity contribution in [3.05, 3.63) is 36.0 Å². The predicted molar refractivity (Wildman–Crippen MR) is 112 cm³/mol. The van der Waals surface area contributed by atoms with Gasteiger partial charge in [-0.25, -0.2) is 9.36 Å². The van der Waals surface area contributed by atoms with Crippen molar-refractivity contribution in [2.45, 2.75) is 77.9 Å². The molecule has 2 aromatic rings. The molecule has 0 N–H and O–H groups in total. The van der Waals surface area contributed by atoms with Crippen LogP contribution in [0.4, 0.5) is 4.79 Å². The number of ether oxygens (including phenoxy) is 2. The fourth-order valence-electron chi connectivity index (χ4n) is 6.31. The molecule has 2 fully saturated rings. The van der Waals surface area contributed by atoms with E-state index in [1.807, 2.05) is 50.6 Å². The summed E-state index contributed by atoms with van der Waals surface area (Å²) in [6.45, 7) is 12.7. The second-order valence-electron chi connectivity index (χ2n) is 10.6. The van der Waals surface area contributed by atoms with Gasteiger partial charge in [0.05, 0.1) is 11.1 Å². The van der Waals surface area contributed by atoms with Gasteiger partial charge in [0.25, 0.3) is 0 Å². The number of fused-ring (bicyclic) bond motifs is 3. The molecule has 0 saturated heterocycles. The number of carbonyl (C=O) groups is 1. The Morgan fingerprint density at radius 3 is 2.43 bits per heavy atom. The minimum absolute atomic E-state index is 0.0805. The van der Waals surface area contributed by atoms with Crippen molar-refractivity contribution in [1.29, 1.82) is 0 Å². The Hall–Kier alpha value is -1.81. The van der Waals surface area contributed by atoms with Crippen molar-refractivity contribution in [3.8, 4) is 0 Å². The van der Waals surface area contributed by atoms with Crippen LogP contribution in [0, 0.1) is 10.8 Å². The number of methoxy groups -OCH3 is 1. The van der Waals surface area contributed by atoms with Crippen molar-refractivity contribution in [3.63, 3.8) is 0 Å². The summed E-state index contributed by atoms with van der Waals surface area (Å²) in [5.74, 6) is 0.216. The molecule has 0 spiro atoms. The molecule has 1 heterocycles. The third kappa shape index (κ3) is 2.57. The summed E-state index contributed by atoms with van der Waals surface area (Å²) in [4.78, 5) is 13.3. The van der Waals surface area contributed by atoms with Gasteiger partial charge in [-0.15, -0.1) is 0 Å². The highest BCUT2D eigenvalue weighted by atomic mass is 16.6. The van der Waals surface area contributed by atoms with E-state index < -0.39 is 5.60 Å². The van der Waals surface area contributed by atoms with Gasteiger partial charge in [-0.2, -0.15) is 0 Å². The van der Waals surface area contributed by atoms with Gasteiger partial charge in [-0.1, -0.05) is 39.0 Å². The molecule has 152 valence electrons. The Bertz CT molecular complexity index is 935. The van der Waals surface area contributed by atoms with E-state index >= 15 is 0 Å². The van der Waals surface area contributed by atoms with Gasteiger partial charge in [0.2, 0.25) is 0 Å². The highest BCUT2D eigenvalue weighted by molar-refractivity contribution is 5.91. The van der Waals surface area contributed by atoms with Gasteiger partial charge in [-0.3, -0.25) is 0 Å². The molecule has 0 aliphatic heterocycles. The van der Waals surface area contributed by atoms with Crippen LogP contribution in [0.2, 0.25) is 0 Å². The molecule has 2 bridgehead atoms. The SMILES string of the molecule is COC12CCC(C)(C1)C(c1cc3ccccc3n1C(=O)OC(C)(C)C)C2(C)C. The number of para-hydroxylation sites is 1. The van der Waals surface area contributed by atoms with Crippen LogP contribution in [0.1, 0.15) is 72.4 Å². The number of nitrogens with zero attached hydrogens (tertiary/aromatic N) is 1. The largest absolute Gasteiger partial charge is 0.443 e. The van der Waals surface area contributed by atoms with Gasteiger partial charge >= 0.3 is 6.09 Å². The Morgan fingerprint density at radius 2 is 1.82 bits per heavy atom. The van der Waals surface area contributed by atoms with Crippen LogP contribution in [0.25, 0.3) is 10.9 Å². The van der Waals surface area contributed by atoms with E-state index in [1.165, 1.54) is 0 Å². The Morgan fingerprint density at radius 1 is 1.14 bits per heavy atom. The summed E-state index contributed by atoms with van der Waals surface area (Å²) in [7, 11) is 1.85. The summed E-state index contributed by atoms with van der Waals surface area (Å²) in [5, 5.41) is 1.08. The summed E-state index contributed by atoms with van der Waals surface area (Å²) < 4.78 is 13.8. The third-order valence-corrected chi connectivity index (χ3v) is 7.38. The molecule has 0 amide bonds. The van der Waals surface area contributed by atoms with Crippen molar-refractivity contribution >= 4 is 17.0 Å². The van der Waals surface area contributed by atoms with Crippen LogP contribution in [0.15, 0.2) is 30.3 Å². The monoisotopic (exact) mass is 383 g/mol. The number of hydrogen-bond donors (Lipinski definition) is 0. The lowest BCUT2D eigenvalue weighted by Crippen LogP contribution is -2.46. The van der Waals surface area contributed by atoms with Crippen LogP contribution < -0.4 is 0 Å². The zero-order valence-electron chi connectivity index (χ0n) is 18.3. The topological polar surface area (TPSA) is 40.5 Å². The van der Waals surface area contributed by atoms with Gasteiger partial charge in [0.15, 0.2) is 0 Å². The molecule has 1 aromatic carbocycles. The molecule has 2 aliphatic carbocycles. The van der Waals surface area contributed by atoms with Crippen LogP contribution in [0.5, 0.6) is 0 Å². The Kier molecular flexibility index (Phi) is 4.08. The van der Waals surface area contributed by atoms with Crippen LogP contribution in [-0.2, 0) is 9.47 Å². The van der Waals surface area contributed by atoms with E-state index in [9.17, 15) is 4.79 Å². The molecule has 2 saturated carbocycles. The molecule has 4 rings (SSSR count). The van der Waals surface area contributed by atoms with E-state index in [0.717, 1.165) is 35.9 Å². The quantitative estimate of drug-likeness (QED) is 0.627. The van der Waals surface area contributed by atoms with Crippen LogP contribution in [0.3, 0.4) is 0 Å². The lowest BCUT2D eigenvalue weighted by molar-refractivity contribution is -0.0899. The van der Waals surface area contributed by atoms with E-state index in [1.54, 1.807) is 0 Å². The predicted octanol–water partition coefficient (Wildman–Crippen LogP) is 6.12. The number of benzene rings is 1. The Labute approximate surface area is 168 Å². The minimum atomic E-state index is -0.540. The van der Waals surface area contributed by atoms with E-state index in [0.29, 0.717) is 0 Å². The smallest absolute Gasteiger partial charge is 0.419 e. The first kappa shape index (κ1) is 19.5. The molecule has 0 radical (unpaired) electrons. The lowest BCUT2D eigenvalue weighted by atomic mass is 9.61. The van der Waals surface area contributed by atoms with Crippen LogP contribution in [-0.4, -0.2) is 29.0 Å². The maximum atomic E-state index is 13.3. The Balaban J connectivity index is 1.92. The average Bonchev–Trinajstić information content (AvgIpc) is 3.16. The maximum Gasteiger partial charge on any atom is 0.419 e. The summed E-state index contributed by atoms with van der Waals surface area (Å²) in [6, 6.07) is 10.3. The standard InChI is InChI=1S/C24H33NO3/c1-21(2,3)28-20(26)25-17-11-9-8-10-16(17)14-18(25)19-22(4,5)24(27-7)13-12-23(19,6)15-24/h8-11,14,19H,12-13,15H2,1-7H3. The maximum absolute atomic E-state index is 13.3. The fourth-order valence-corrected chi connectivity index (χ4v) is 6.31. The van der Waals surface area contributed by atoms with Gasteiger partial charge in [0, 0.05) is 29.5 Å². The molecule has 3 atom stereocenters. The first-order chi connectivity index (χ1) is 12.9. The minimum Gasteiger partial charge on any atom is -0.443 e. The second kappa shape index (κ2) is 5.85. The molecular weight excluding hydrogens is 350 g/mol. The third-order valence-electron chi connectivity index (χ3n) is 7.38. The molecule has 4 heteroatoms. The van der Waals surface area contributed by atoms with Gasteiger partial charge in [0.1, 0.15) is 5.60 Å².